The lowest BCUT2D eigenvalue weighted by atomic mass is 9.84. The van der Waals surface area contributed by atoms with E-state index in [9.17, 15) is 0 Å². The van der Waals surface area contributed by atoms with E-state index in [-0.39, 0.29) is 0 Å². The first-order chi connectivity index (χ1) is 8.24. The highest BCUT2D eigenvalue weighted by Crippen LogP contribution is 2.37. The van der Waals surface area contributed by atoms with Crippen molar-refractivity contribution in [3.05, 3.63) is 0 Å². The number of rotatable bonds is 4. The van der Waals surface area contributed by atoms with Crippen LogP contribution in [0.15, 0.2) is 4.90 Å². The van der Waals surface area contributed by atoms with E-state index in [1.807, 2.05) is 0 Å². The zero-order valence-corrected chi connectivity index (χ0v) is 12.2. The molecule has 0 spiro atoms. The van der Waals surface area contributed by atoms with E-state index < -0.39 is 0 Å². The Hall–Kier alpha value is -0.420. The summed E-state index contributed by atoms with van der Waals surface area (Å²) in [5.41, 5.74) is 5.84. The Labute approximate surface area is 112 Å². The fourth-order valence-electron chi connectivity index (χ4n) is 2.48. The first-order valence-corrected chi connectivity index (χ1v) is 8.30. The van der Waals surface area contributed by atoms with Crippen LogP contribution in [-0.4, -0.2) is 16.7 Å². The minimum atomic E-state index is 0.614. The Morgan fingerprint density at radius 3 is 2.71 bits per heavy atom. The van der Waals surface area contributed by atoms with Crippen LogP contribution in [0.2, 0.25) is 0 Å². The van der Waals surface area contributed by atoms with Gasteiger partial charge in [0.05, 0.1) is 4.90 Å². The van der Waals surface area contributed by atoms with E-state index in [0.29, 0.717) is 11.9 Å². The summed E-state index contributed by atoms with van der Waals surface area (Å²) in [5.74, 6) is 1.62. The minimum Gasteiger partial charge on any atom is -0.382 e. The summed E-state index contributed by atoms with van der Waals surface area (Å²) in [6.45, 7) is 2.30. The molecular weight excluding hydrogens is 250 g/mol. The largest absolute Gasteiger partial charge is 0.382 e. The van der Waals surface area contributed by atoms with Crippen LogP contribution < -0.4 is 11.1 Å². The highest BCUT2D eigenvalue weighted by molar-refractivity contribution is 7.99. The first-order valence-electron chi connectivity index (χ1n) is 6.30. The molecule has 1 heterocycles. The maximum absolute atomic E-state index is 5.84. The maximum atomic E-state index is 5.84. The van der Waals surface area contributed by atoms with E-state index in [1.54, 1.807) is 11.8 Å². The number of nitrogens with two attached hydrogens (primary N) is 1. The number of hydrogen-bond acceptors (Lipinski definition) is 5. The Kier molecular flexibility index (Phi) is 4.56. The molecule has 1 saturated carbocycles. The van der Waals surface area contributed by atoms with Crippen molar-refractivity contribution in [3.8, 4) is 0 Å². The second-order valence-electron chi connectivity index (χ2n) is 4.70. The van der Waals surface area contributed by atoms with Gasteiger partial charge in [0, 0.05) is 6.04 Å². The molecule has 1 aromatic heterocycles. The highest BCUT2D eigenvalue weighted by atomic mass is 32.2. The van der Waals surface area contributed by atoms with Crippen molar-refractivity contribution in [2.75, 3.05) is 17.3 Å². The molecule has 1 fully saturated rings. The molecule has 5 heteroatoms. The predicted molar refractivity (Wildman–Crippen MR) is 78.0 cm³/mol. The fraction of sp³-hybridized carbons (Fsp3) is 0.750. The third kappa shape index (κ3) is 3.07. The van der Waals surface area contributed by atoms with E-state index in [2.05, 4.69) is 22.9 Å². The van der Waals surface area contributed by atoms with Gasteiger partial charge in [0.15, 0.2) is 5.82 Å². The minimum absolute atomic E-state index is 0.614. The van der Waals surface area contributed by atoms with Gasteiger partial charge in [-0.15, -0.1) is 11.8 Å². The van der Waals surface area contributed by atoms with Crippen LogP contribution in [0.1, 0.15) is 39.0 Å². The molecule has 17 heavy (non-hydrogen) atoms. The third-order valence-electron chi connectivity index (χ3n) is 3.64. The lowest BCUT2D eigenvalue weighted by Gasteiger charge is -2.28. The van der Waals surface area contributed by atoms with Crippen molar-refractivity contribution >= 4 is 34.1 Å². The number of nitrogens with zero attached hydrogens (tertiary/aromatic N) is 1. The summed E-state index contributed by atoms with van der Waals surface area (Å²) < 4.78 is 4.22. The third-order valence-corrected chi connectivity index (χ3v) is 5.38. The van der Waals surface area contributed by atoms with Crippen LogP contribution in [0.3, 0.4) is 0 Å². The van der Waals surface area contributed by atoms with Crippen LogP contribution in [0.4, 0.5) is 10.8 Å². The van der Waals surface area contributed by atoms with Gasteiger partial charge in [0.1, 0.15) is 5.00 Å². The van der Waals surface area contributed by atoms with Crippen LogP contribution in [0.5, 0.6) is 0 Å². The van der Waals surface area contributed by atoms with Gasteiger partial charge >= 0.3 is 0 Å². The number of anilines is 2. The quantitative estimate of drug-likeness (QED) is 0.817. The summed E-state index contributed by atoms with van der Waals surface area (Å²) in [7, 11) is 0. The van der Waals surface area contributed by atoms with Gasteiger partial charge in [-0.2, -0.15) is 4.37 Å². The normalized spacial score (nSPS) is 24.8. The van der Waals surface area contributed by atoms with E-state index in [1.165, 1.54) is 43.6 Å². The molecule has 0 saturated heterocycles. The lowest BCUT2D eigenvalue weighted by molar-refractivity contribution is 0.330. The molecule has 0 radical (unpaired) electrons. The number of nitrogen functional groups attached to an aromatic ring is 1. The monoisotopic (exact) mass is 271 g/mol. The summed E-state index contributed by atoms with van der Waals surface area (Å²) >= 11 is 3.18. The number of aromatic nitrogens is 1. The van der Waals surface area contributed by atoms with Crippen molar-refractivity contribution in [2.24, 2.45) is 5.92 Å². The van der Waals surface area contributed by atoms with Gasteiger partial charge in [-0.05, 0) is 49.4 Å². The molecule has 1 aromatic rings. The standard InChI is InChI=1S/C12H21N3S2/c1-3-8-4-6-9(7-5-8)14-12-10(16-2)11(13)15-17-12/h8-9,14H,3-7H2,1-2H3,(H2,13,15). The van der Waals surface area contributed by atoms with E-state index in [0.717, 1.165) is 15.8 Å². The van der Waals surface area contributed by atoms with Crippen molar-refractivity contribution in [2.45, 2.75) is 50.0 Å². The number of hydrogen-bond donors (Lipinski definition) is 2. The maximum Gasteiger partial charge on any atom is 0.153 e. The summed E-state index contributed by atoms with van der Waals surface area (Å²) in [5, 5.41) is 4.78. The van der Waals surface area contributed by atoms with Gasteiger partial charge in [-0.1, -0.05) is 13.3 Å². The molecule has 0 aromatic carbocycles. The highest BCUT2D eigenvalue weighted by Gasteiger charge is 2.21. The second kappa shape index (κ2) is 5.96. The van der Waals surface area contributed by atoms with Crippen molar-refractivity contribution < 1.29 is 0 Å². The van der Waals surface area contributed by atoms with E-state index >= 15 is 0 Å². The molecule has 0 atom stereocenters. The average Bonchev–Trinajstić information content (AvgIpc) is 2.71. The van der Waals surface area contributed by atoms with Crippen LogP contribution in [0.25, 0.3) is 0 Å². The Balaban J connectivity index is 1.93. The first kappa shape index (κ1) is 13.0. The Morgan fingerprint density at radius 1 is 1.41 bits per heavy atom. The Morgan fingerprint density at radius 2 is 2.12 bits per heavy atom. The second-order valence-corrected chi connectivity index (χ2v) is 6.29. The van der Waals surface area contributed by atoms with Crippen molar-refractivity contribution in [1.29, 1.82) is 0 Å². The summed E-state index contributed by atoms with van der Waals surface area (Å²) in [6, 6.07) is 0.614. The molecule has 0 aliphatic heterocycles. The van der Waals surface area contributed by atoms with Gasteiger partial charge in [0.2, 0.25) is 0 Å². The summed E-state index contributed by atoms with van der Waals surface area (Å²) in [4.78, 5) is 1.12. The predicted octanol–water partition coefficient (Wildman–Crippen LogP) is 3.83. The lowest BCUT2D eigenvalue weighted by Crippen LogP contribution is -2.25. The topological polar surface area (TPSA) is 50.9 Å². The molecule has 1 aliphatic carbocycles. The van der Waals surface area contributed by atoms with Crippen molar-refractivity contribution in [1.82, 2.24) is 4.37 Å². The molecule has 0 amide bonds. The Bertz CT molecular complexity index is 357. The molecule has 1 aliphatic rings. The zero-order chi connectivity index (χ0) is 12.3. The SMILES string of the molecule is CCC1CCC(Nc2snc(N)c2SC)CC1. The van der Waals surface area contributed by atoms with Gasteiger partial charge in [-0.25, -0.2) is 0 Å². The molecule has 0 unspecified atom stereocenters. The van der Waals surface area contributed by atoms with Crippen LogP contribution >= 0.6 is 23.3 Å². The van der Waals surface area contributed by atoms with Gasteiger partial charge in [0.25, 0.3) is 0 Å². The summed E-state index contributed by atoms with van der Waals surface area (Å²) in [6.07, 6.45) is 8.66. The number of nitrogens with one attached hydrogen (secondary N) is 1. The fourth-order valence-corrected chi connectivity index (χ4v) is 4.09. The van der Waals surface area contributed by atoms with E-state index in [4.69, 9.17) is 5.73 Å². The molecule has 3 N–H and O–H groups in total. The van der Waals surface area contributed by atoms with Crippen LogP contribution in [-0.2, 0) is 0 Å². The van der Waals surface area contributed by atoms with Crippen LogP contribution in [0, 0.1) is 5.92 Å². The zero-order valence-electron chi connectivity index (χ0n) is 10.5. The molecule has 0 bridgehead atoms. The van der Waals surface area contributed by atoms with Gasteiger partial charge in [-0.3, -0.25) is 0 Å². The smallest absolute Gasteiger partial charge is 0.153 e. The molecule has 3 nitrogen and oxygen atoms in total. The number of thioether (sulfide) groups is 1. The van der Waals surface area contributed by atoms with Gasteiger partial charge < -0.3 is 11.1 Å². The molecular formula is C12H21N3S2. The average molecular weight is 271 g/mol. The molecule has 2 rings (SSSR count). The molecule has 96 valence electrons. The van der Waals surface area contributed by atoms with Crippen molar-refractivity contribution in [3.63, 3.8) is 0 Å².